The van der Waals surface area contributed by atoms with Gasteiger partial charge in [0, 0.05) is 0 Å². The van der Waals surface area contributed by atoms with Crippen LogP contribution in [0.25, 0.3) is 0 Å². The van der Waals surface area contributed by atoms with E-state index in [1.165, 1.54) is 12.1 Å². The summed E-state index contributed by atoms with van der Waals surface area (Å²) in [5.41, 5.74) is 5.96. The van der Waals surface area contributed by atoms with E-state index in [4.69, 9.17) is 5.73 Å². The molecule has 0 aliphatic carbocycles. The number of nitrogens with two attached hydrogens (primary N) is 1. The maximum absolute atomic E-state index is 12.5. The molecule has 0 spiro atoms. The third-order valence-corrected chi connectivity index (χ3v) is 2.02. The first-order valence-electron chi connectivity index (χ1n) is 4.20. The van der Waals surface area contributed by atoms with E-state index in [1.807, 2.05) is 6.92 Å². The fraction of sp³-hybridized carbons (Fsp3) is 0.300. The van der Waals surface area contributed by atoms with E-state index in [9.17, 15) is 9.18 Å². The van der Waals surface area contributed by atoms with Gasteiger partial charge in [0.2, 0.25) is 5.91 Å². The SMILES string of the molecule is CCC(C(N)=O)c1ccc(F)cc1. The first kappa shape index (κ1) is 9.71. The topological polar surface area (TPSA) is 43.1 Å². The average Bonchev–Trinajstić information content (AvgIpc) is 2.09. The zero-order valence-electron chi connectivity index (χ0n) is 7.46. The molecule has 0 saturated carbocycles. The number of benzene rings is 1. The normalized spacial score (nSPS) is 12.5. The molecular formula is C10H12FNO. The molecule has 13 heavy (non-hydrogen) atoms. The van der Waals surface area contributed by atoms with Crippen LogP contribution in [0.15, 0.2) is 24.3 Å². The predicted octanol–water partition coefficient (Wildman–Crippen LogP) is 1.80. The summed E-state index contributed by atoms with van der Waals surface area (Å²) in [6.07, 6.45) is 0.640. The molecule has 1 amide bonds. The van der Waals surface area contributed by atoms with Crippen molar-refractivity contribution in [3.63, 3.8) is 0 Å². The molecule has 0 aromatic heterocycles. The van der Waals surface area contributed by atoms with Crippen molar-refractivity contribution < 1.29 is 9.18 Å². The van der Waals surface area contributed by atoms with Crippen molar-refractivity contribution in [1.29, 1.82) is 0 Å². The van der Waals surface area contributed by atoms with Crippen LogP contribution in [0, 0.1) is 5.82 Å². The second-order valence-electron chi connectivity index (χ2n) is 2.91. The second-order valence-corrected chi connectivity index (χ2v) is 2.91. The Labute approximate surface area is 76.6 Å². The van der Waals surface area contributed by atoms with Crippen molar-refractivity contribution in [2.75, 3.05) is 0 Å². The predicted molar refractivity (Wildman–Crippen MR) is 48.6 cm³/mol. The molecule has 3 heteroatoms. The number of carbonyl (C=O) groups excluding carboxylic acids is 1. The van der Waals surface area contributed by atoms with Crippen molar-refractivity contribution in [2.24, 2.45) is 5.73 Å². The number of amides is 1. The summed E-state index contributed by atoms with van der Waals surface area (Å²) in [6.45, 7) is 1.87. The molecule has 0 radical (unpaired) electrons. The molecular weight excluding hydrogens is 169 g/mol. The lowest BCUT2D eigenvalue weighted by atomic mass is 9.96. The highest BCUT2D eigenvalue weighted by molar-refractivity contribution is 5.81. The van der Waals surface area contributed by atoms with Crippen molar-refractivity contribution in [3.05, 3.63) is 35.6 Å². The maximum Gasteiger partial charge on any atom is 0.224 e. The van der Waals surface area contributed by atoms with Gasteiger partial charge in [-0.05, 0) is 24.1 Å². The van der Waals surface area contributed by atoms with Gasteiger partial charge in [-0.3, -0.25) is 4.79 Å². The third kappa shape index (κ3) is 2.28. The van der Waals surface area contributed by atoms with Crippen LogP contribution in [0.2, 0.25) is 0 Å². The molecule has 1 rings (SSSR count). The first-order valence-corrected chi connectivity index (χ1v) is 4.20. The quantitative estimate of drug-likeness (QED) is 0.759. The summed E-state index contributed by atoms with van der Waals surface area (Å²) < 4.78 is 12.5. The molecule has 1 unspecified atom stereocenters. The van der Waals surface area contributed by atoms with Crippen LogP contribution in [0.5, 0.6) is 0 Å². The van der Waals surface area contributed by atoms with Gasteiger partial charge in [0.1, 0.15) is 5.82 Å². The third-order valence-electron chi connectivity index (χ3n) is 2.02. The molecule has 1 aromatic rings. The molecule has 0 aliphatic rings. The molecule has 0 bridgehead atoms. The van der Waals surface area contributed by atoms with Gasteiger partial charge in [-0.25, -0.2) is 4.39 Å². The molecule has 1 aromatic carbocycles. The van der Waals surface area contributed by atoms with E-state index >= 15 is 0 Å². The Kier molecular flexibility index (Phi) is 3.01. The molecule has 70 valence electrons. The van der Waals surface area contributed by atoms with Gasteiger partial charge in [-0.15, -0.1) is 0 Å². The van der Waals surface area contributed by atoms with Crippen molar-refractivity contribution in [1.82, 2.24) is 0 Å². The molecule has 0 heterocycles. The Morgan fingerprint density at radius 1 is 1.46 bits per heavy atom. The first-order chi connectivity index (χ1) is 6.15. The van der Waals surface area contributed by atoms with Crippen molar-refractivity contribution in [2.45, 2.75) is 19.3 Å². The summed E-state index contributed by atoms with van der Waals surface area (Å²) >= 11 is 0. The minimum atomic E-state index is -0.367. The number of hydrogen-bond donors (Lipinski definition) is 1. The minimum absolute atomic E-state index is 0.303. The smallest absolute Gasteiger partial charge is 0.224 e. The van der Waals surface area contributed by atoms with Crippen molar-refractivity contribution >= 4 is 5.91 Å². The van der Waals surface area contributed by atoms with E-state index in [0.29, 0.717) is 6.42 Å². The van der Waals surface area contributed by atoms with Gasteiger partial charge >= 0.3 is 0 Å². The van der Waals surface area contributed by atoms with Crippen LogP contribution >= 0.6 is 0 Å². The summed E-state index contributed by atoms with van der Waals surface area (Å²) in [4.78, 5) is 10.9. The summed E-state index contributed by atoms with van der Waals surface area (Å²) in [5.74, 6) is -0.974. The Hall–Kier alpha value is -1.38. The van der Waals surface area contributed by atoms with Gasteiger partial charge in [0.25, 0.3) is 0 Å². The standard InChI is InChI=1S/C10H12FNO/c1-2-9(10(12)13)7-3-5-8(11)6-4-7/h3-6,9H,2H2,1H3,(H2,12,13). The summed E-state index contributed by atoms with van der Waals surface area (Å²) in [5, 5.41) is 0. The lowest BCUT2D eigenvalue weighted by Crippen LogP contribution is -2.20. The van der Waals surface area contributed by atoms with Gasteiger partial charge in [-0.1, -0.05) is 19.1 Å². The van der Waals surface area contributed by atoms with Gasteiger partial charge in [0.15, 0.2) is 0 Å². The monoisotopic (exact) mass is 181 g/mol. The zero-order valence-corrected chi connectivity index (χ0v) is 7.46. The highest BCUT2D eigenvalue weighted by Gasteiger charge is 2.14. The minimum Gasteiger partial charge on any atom is -0.369 e. The molecule has 0 aliphatic heterocycles. The van der Waals surface area contributed by atoms with E-state index < -0.39 is 0 Å². The fourth-order valence-electron chi connectivity index (χ4n) is 1.30. The van der Waals surface area contributed by atoms with E-state index in [0.717, 1.165) is 5.56 Å². The summed E-state index contributed by atoms with van der Waals surface area (Å²) in [7, 11) is 0. The van der Waals surface area contributed by atoms with Crippen LogP contribution in [0.3, 0.4) is 0 Å². The fourth-order valence-corrected chi connectivity index (χ4v) is 1.30. The van der Waals surface area contributed by atoms with Crippen molar-refractivity contribution in [3.8, 4) is 0 Å². The number of halogens is 1. The van der Waals surface area contributed by atoms with Gasteiger partial charge < -0.3 is 5.73 Å². The zero-order chi connectivity index (χ0) is 9.84. The largest absolute Gasteiger partial charge is 0.369 e. The van der Waals surface area contributed by atoms with Crippen LogP contribution in [-0.2, 0) is 4.79 Å². The number of hydrogen-bond acceptors (Lipinski definition) is 1. The molecule has 0 fully saturated rings. The maximum atomic E-state index is 12.5. The number of rotatable bonds is 3. The molecule has 2 nitrogen and oxygen atoms in total. The number of primary amides is 1. The molecule has 0 saturated heterocycles. The van der Waals surface area contributed by atoms with E-state index in [1.54, 1.807) is 12.1 Å². The Morgan fingerprint density at radius 3 is 2.38 bits per heavy atom. The van der Waals surface area contributed by atoms with E-state index in [2.05, 4.69) is 0 Å². The lowest BCUT2D eigenvalue weighted by molar-refractivity contribution is -0.119. The van der Waals surface area contributed by atoms with Gasteiger partial charge in [-0.2, -0.15) is 0 Å². The Balaban J connectivity index is 2.92. The Morgan fingerprint density at radius 2 is 2.00 bits per heavy atom. The average molecular weight is 181 g/mol. The Bertz CT molecular complexity index is 294. The highest BCUT2D eigenvalue weighted by Crippen LogP contribution is 2.18. The van der Waals surface area contributed by atoms with Crippen LogP contribution < -0.4 is 5.73 Å². The van der Waals surface area contributed by atoms with Crippen LogP contribution in [-0.4, -0.2) is 5.91 Å². The summed E-state index contributed by atoms with van der Waals surface area (Å²) in [6, 6.07) is 5.85. The van der Waals surface area contributed by atoms with Gasteiger partial charge in [0.05, 0.1) is 5.92 Å². The van der Waals surface area contributed by atoms with E-state index in [-0.39, 0.29) is 17.6 Å². The molecule has 1 atom stereocenters. The van der Waals surface area contributed by atoms with Crippen LogP contribution in [0.1, 0.15) is 24.8 Å². The highest BCUT2D eigenvalue weighted by atomic mass is 19.1. The number of carbonyl (C=O) groups is 1. The second kappa shape index (κ2) is 4.03. The molecule has 2 N–H and O–H groups in total. The lowest BCUT2D eigenvalue weighted by Gasteiger charge is -2.10. The van der Waals surface area contributed by atoms with Crippen LogP contribution in [0.4, 0.5) is 4.39 Å².